The van der Waals surface area contributed by atoms with Crippen LogP contribution in [-0.2, 0) is 11.2 Å². The summed E-state index contributed by atoms with van der Waals surface area (Å²) in [6.07, 6.45) is -0.144. The number of thioether (sulfide) groups is 1. The van der Waals surface area contributed by atoms with Gasteiger partial charge in [-0.1, -0.05) is 47.6 Å². The Labute approximate surface area is 179 Å². The molecule has 8 heteroatoms. The number of ether oxygens (including phenoxy) is 1. The van der Waals surface area contributed by atoms with Crippen LogP contribution in [0.4, 0.5) is 4.79 Å². The molecule has 1 heterocycles. The van der Waals surface area contributed by atoms with Gasteiger partial charge < -0.3 is 15.2 Å². The molecule has 1 fully saturated rings. The number of benzene rings is 2. The number of carbonyl (C=O) groups is 2. The van der Waals surface area contributed by atoms with E-state index in [4.69, 9.17) is 16.3 Å². The Morgan fingerprint density at radius 2 is 2.00 bits per heavy atom. The second-order valence-corrected chi connectivity index (χ2v) is 8.53. The molecular weight excluding hydrogens is 412 g/mol. The van der Waals surface area contributed by atoms with Crippen molar-refractivity contribution in [2.75, 3.05) is 13.2 Å². The Morgan fingerprint density at radius 1 is 1.24 bits per heavy atom. The minimum atomic E-state index is -0.645. The Kier molecular flexibility index (Phi) is 7.55. The summed E-state index contributed by atoms with van der Waals surface area (Å²) in [5.74, 6) is 0.484. The molecule has 0 spiro atoms. The molecule has 1 saturated heterocycles. The van der Waals surface area contributed by atoms with Crippen LogP contribution in [0.25, 0.3) is 0 Å². The maximum atomic E-state index is 11.6. The van der Waals surface area contributed by atoms with Crippen LogP contribution < -0.4 is 15.4 Å². The number of carbonyl (C=O) groups excluding carboxylic acids is 2. The molecule has 0 radical (unpaired) electrons. The summed E-state index contributed by atoms with van der Waals surface area (Å²) >= 11 is 6.98. The summed E-state index contributed by atoms with van der Waals surface area (Å²) in [6, 6.07) is 14.7. The Balaban J connectivity index is 1.41. The first-order valence-corrected chi connectivity index (χ1v) is 10.6. The lowest BCUT2D eigenvalue weighted by Crippen LogP contribution is -2.34. The molecule has 29 heavy (non-hydrogen) atoms. The second kappa shape index (κ2) is 10.1. The van der Waals surface area contributed by atoms with Crippen molar-refractivity contribution in [2.24, 2.45) is 0 Å². The molecule has 0 aromatic heterocycles. The first-order chi connectivity index (χ1) is 13.9. The molecule has 1 unspecified atom stereocenters. The maximum Gasteiger partial charge on any atom is 0.286 e. The van der Waals surface area contributed by atoms with Gasteiger partial charge in [0.25, 0.3) is 5.24 Å². The molecular formula is C21H23ClN2O4S. The highest BCUT2D eigenvalue weighted by Gasteiger charge is 2.31. The molecule has 0 saturated carbocycles. The molecule has 2 aromatic carbocycles. The predicted molar refractivity (Wildman–Crippen MR) is 114 cm³/mol. The van der Waals surface area contributed by atoms with E-state index in [1.54, 1.807) is 12.1 Å². The number of nitrogens with one attached hydrogen (secondary N) is 2. The number of rotatable bonds is 9. The minimum Gasteiger partial charge on any atom is -0.492 e. The van der Waals surface area contributed by atoms with Gasteiger partial charge in [-0.3, -0.25) is 14.9 Å². The maximum absolute atomic E-state index is 11.6. The number of aliphatic hydroxyl groups is 1. The lowest BCUT2D eigenvalue weighted by atomic mass is 10.1. The molecule has 1 aliphatic rings. The molecule has 2 amide bonds. The molecule has 3 rings (SSSR count). The second-order valence-electron chi connectivity index (χ2n) is 6.92. The van der Waals surface area contributed by atoms with Crippen molar-refractivity contribution >= 4 is 34.5 Å². The third-order valence-electron chi connectivity index (χ3n) is 4.50. The SMILES string of the molecule is C[C@H](COc1ccc(CC2SC(=O)NC2=O)cc1)NC[C@@H](O)c1cccc(Cl)c1. The predicted octanol–water partition coefficient (Wildman–Crippen LogP) is 3.32. The number of halogens is 1. The van der Waals surface area contributed by atoms with E-state index < -0.39 is 6.10 Å². The molecule has 6 nitrogen and oxygen atoms in total. The first-order valence-electron chi connectivity index (χ1n) is 9.31. The fourth-order valence-electron chi connectivity index (χ4n) is 2.89. The molecule has 1 aliphatic heterocycles. The van der Waals surface area contributed by atoms with Crippen LogP contribution >= 0.6 is 23.4 Å². The summed E-state index contributed by atoms with van der Waals surface area (Å²) in [4.78, 5) is 22.9. The quantitative estimate of drug-likeness (QED) is 0.561. The zero-order valence-corrected chi connectivity index (χ0v) is 17.5. The van der Waals surface area contributed by atoms with E-state index in [0.29, 0.717) is 24.6 Å². The standard InChI is InChI=1S/C21H23ClN2O4S/c1-13(23-11-18(25)15-3-2-4-16(22)10-15)12-28-17-7-5-14(6-8-17)9-19-20(26)24-21(27)29-19/h2-8,10,13,18-19,23,25H,9,11-12H2,1H3,(H,24,26,27)/t13-,18-,19?/m1/s1. The van der Waals surface area contributed by atoms with Crippen molar-refractivity contribution in [1.29, 1.82) is 0 Å². The largest absolute Gasteiger partial charge is 0.492 e. The van der Waals surface area contributed by atoms with Gasteiger partial charge in [0.1, 0.15) is 12.4 Å². The summed E-state index contributed by atoms with van der Waals surface area (Å²) < 4.78 is 5.78. The van der Waals surface area contributed by atoms with E-state index in [1.165, 1.54) is 0 Å². The van der Waals surface area contributed by atoms with E-state index in [2.05, 4.69) is 10.6 Å². The van der Waals surface area contributed by atoms with E-state index in [1.807, 2.05) is 43.3 Å². The van der Waals surface area contributed by atoms with E-state index in [9.17, 15) is 14.7 Å². The normalized spacial score (nSPS) is 18.4. The fraction of sp³-hybridized carbons (Fsp3) is 0.333. The van der Waals surface area contributed by atoms with Crippen molar-refractivity contribution in [1.82, 2.24) is 10.6 Å². The molecule has 2 aromatic rings. The van der Waals surface area contributed by atoms with Gasteiger partial charge in [-0.2, -0.15) is 0 Å². The average molecular weight is 435 g/mol. The molecule has 0 aliphatic carbocycles. The number of hydrogen-bond acceptors (Lipinski definition) is 6. The Hall–Kier alpha value is -2.06. The third-order valence-corrected chi connectivity index (χ3v) is 5.72. The minimum absolute atomic E-state index is 0.0353. The zero-order chi connectivity index (χ0) is 20.8. The van der Waals surface area contributed by atoms with Crippen LogP contribution in [0.3, 0.4) is 0 Å². The highest BCUT2D eigenvalue weighted by atomic mass is 35.5. The van der Waals surface area contributed by atoms with Crippen LogP contribution in [-0.4, -0.2) is 40.7 Å². The van der Waals surface area contributed by atoms with Crippen molar-refractivity contribution in [3.63, 3.8) is 0 Å². The Bertz CT molecular complexity index is 862. The van der Waals surface area contributed by atoms with Crippen molar-refractivity contribution in [2.45, 2.75) is 30.7 Å². The van der Waals surface area contributed by atoms with Crippen molar-refractivity contribution in [3.8, 4) is 5.75 Å². The van der Waals surface area contributed by atoms with Crippen molar-refractivity contribution in [3.05, 3.63) is 64.7 Å². The van der Waals surface area contributed by atoms with Gasteiger partial charge in [-0.25, -0.2) is 0 Å². The smallest absolute Gasteiger partial charge is 0.286 e. The average Bonchev–Trinajstić information content (AvgIpc) is 3.02. The van der Waals surface area contributed by atoms with E-state index in [-0.39, 0.29) is 22.4 Å². The number of imide groups is 1. The molecule has 3 atom stereocenters. The lowest BCUT2D eigenvalue weighted by molar-refractivity contribution is -0.118. The van der Waals surface area contributed by atoms with Gasteiger partial charge >= 0.3 is 0 Å². The van der Waals surface area contributed by atoms with Gasteiger partial charge in [0.2, 0.25) is 5.91 Å². The van der Waals surface area contributed by atoms with Crippen molar-refractivity contribution < 1.29 is 19.4 Å². The number of hydrogen-bond donors (Lipinski definition) is 3. The number of aliphatic hydroxyl groups excluding tert-OH is 1. The molecule has 3 N–H and O–H groups in total. The summed E-state index contributed by atoms with van der Waals surface area (Å²) in [7, 11) is 0. The van der Waals surface area contributed by atoms with Crippen LogP contribution in [0.15, 0.2) is 48.5 Å². The third kappa shape index (κ3) is 6.47. The summed E-state index contributed by atoms with van der Waals surface area (Å²) in [6.45, 7) is 2.81. The highest BCUT2D eigenvalue weighted by molar-refractivity contribution is 8.15. The monoisotopic (exact) mass is 434 g/mol. The first kappa shape index (κ1) is 21.6. The van der Waals surface area contributed by atoms with Crippen LogP contribution in [0, 0.1) is 0 Å². The van der Waals surface area contributed by atoms with Crippen LogP contribution in [0.2, 0.25) is 5.02 Å². The topological polar surface area (TPSA) is 87.7 Å². The van der Waals surface area contributed by atoms with E-state index in [0.717, 1.165) is 28.6 Å². The van der Waals surface area contributed by atoms with Gasteiger partial charge in [0.15, 0.2) is 0 Å². The van der Waals surface area contributed by atoms with Crippen LogP contribution in [0.5, 0.6) is 5.75 Å². The van der Waals surface area contributed by atoms with Gasteiger partial charge in [-0.05, 0) is 48.7 Å². The summed E-state index contributed by atoms with van der Waals surface area (Å²) in [5.41, 5.74) is 1.74. The van der Waals surface area contributed by atoms with Gasteiger partial charge in [0, 0.05) is 17.6 Å². The van der Waals surface area contributed by atoms with E-state index >= 15 is 0 Å². The molecule has 154 valence electrons. The fourth-order valence-corrected chi connectivity index (χ4v) is 3.95. The Morgan fingerprint density at radius 3 is 2.66 bits per heavy atom. The molecule has 0 bridgehead atoms. The van der Waals surface area contributed by atoms with Gasteiger partial charge in [0.05, 0.1) is 11.4 Å². The zero-order valence-electron chi connectivity index (χ0n) is 15.9. The highest BCUT2D eigenvalue weighted by Crippen LogP contribution is 2.24. The lowest BCUT2D eigenvalue weighted by Gasteiger charge is -2.18. The van der Waals surface area contributed by atoms with Crippen LogP contribution in [0.1, 0.15) is 24.2 Å². The summed E-state index contributed by atoms with van der Waals surface area (Å²) in [5, 5.41) is 15.7. The number of amides is 2. The van der Waals surface area contributed by atoms with Gasteiger partial charge in [-0.15, -0.1) is 0 Å².